The average Bonchev–Trinajstić information content (AvgIpc) is 3.00. The molecule has 1 aliphatic carbocycles. The van der Waals surface area contributed by atoms with Gasteiger partial charge in [0.25, 0.3) is 0 Å². The molecule has 0 aromatic carbocycles. The first-order chi connectivity index (χ1) is 9.76. The lowest BCUT2D eigenvalue weighted by Crippen LogP contribution is -2.34. The molecule has 1 heterocycles. The molecule has 21 heavy (non-hydrogen) atoms. The normalized spacial score (nSPS) is 18.1. The van der Waals surface area contributed by atoms with Crippen LogP contribution in [0.25, 0.3) is 0 Å². The second kappa shape index (κ2) is 6.08. The molecule has 2 rings (SSSR count). The van der Waals surface area contributed by atoms with E-state index in [-0.39, 0.29) is 6.04 Å². The SMILES string of the molecule is CC(CC1CC1)n1cncc1[C@H](C)NC(=O)OC(C)(C)C. The molecule has 0 radical (unpaired) electrons. The van der Waals surface area contributed by atoms with Crippen molar-refractivity contribution in [1.29, 1.82) is 0 Å². The predicted octanol–water partition coefficient (Wildman–Crippen LogP) is 3.83. The summed E-state index contributed by atoms with van der Waals surface area (Å²) in [5.41, 5.74) is 0.539. The van der Waals surface area contributed by atoms with Gasteiger partial charge in [0, 0.05) is 6.04 Å². The summed E-state index contributed by atoms with van der Waals surface area (Å²) >= 11 is 0. The van der Waals surface area contributed by atoms with Gasteiger partial charge in [0.15, 0.2) is 0 Å². The molecule has 1 N–H and O–H groups in total. The van der Waals surface area contributed by atoms with Gasteiger partial charge in [-0.05, 0) is 47.0 Å². The van der Waals surface area contributed by atoms with Crippen molar-refractivity contribution in [2.24, 2.45) is 5.92 Å². The number of hydrogen-bond acceptors (Lipinski definition) is 3. The first-order valence-electron chi connectivity index (χ1n) is 7.77. The molecule has 5 heteroatoms. The molecule has 1 saturated carbocycles. The van der Waals surface area contributed by atoms with Gasteiger partial charge < -0.3 is 14.6 Å². The summed E-state index contributed by atoms with van der Waals surface area (Å²) in [4.78, 5) is 16.1. The number of rotatable bonds is 5. The van der Waals surface area contributed by atoms with Gasteiger partial charge in [-0.25, -0.2) is 9.78 Å². The van der Waals surface area contributed by atoms with Crippen LogP contribution in [0.4, 0.5) is 4.79 Å². The Hall–Kier alpha value is -1.52. The number of imidazole rings is 1. The van der Waals surface area contributed by atoms with Gasteiger partial charge in [0.05, 0.1) is 24.3 Å². The highest BCUT2D eigenvalue weighted by Gasteiger charge is 2.26. The van der Waals surface area contributed by atoms with Gasteiger partial charge in [-0.15, -0.1) is 0 Å². The van der Waals surface area contributed by atoms with Crippen molar-refractivity contribution in [3.63, 3.8) is 0 Å². The van der Waals surface area contributed by atoms with Crippen molar-refractivity contribution in [2.75, 3.05) is 0 Å². The lowest BCUT2D eigenvalue weighted by Gasteiger charge is -2.24. The van der Waals surface area contributed by atoms with Gasteiger partial charge in [-0.1, -0.05) is 12.8 Å². The van der Waals surface area contributed by atoms with Crippen molar-refractivity contribution >= 4 is 6.09 Å². The lowest BCUT2D eigenvalue weighted by atomic mass is 10.1. The molecule has 1 fully saturated rings. The van der Waals surface area contributed by atoms with Gasteiger partial charge >= 0.3 is 6.09 Å². The molecule has 1 amide bonds. The number of nitrogens with one attached hydrogen (secondary N) is 1. The molecule has 0 saturated heterocycles. The fraction of sp³-hybridized carbons (Fsp3) is 0.750. The maximum Gasteiger partial charge on any atom is 0.408 e. The van der Waals surface area contributed by atoms with Crippen LogP contribution in [-0.4, -0.2) is 21.2 Å². The van der Waals surface area contributed by atoms with Crippen molar-refractivity contribution in [3.05, 3.63) is 18.2 Å². The zero-order valence-electron chi connectivity index (χ0n) is 13.7. The predicted molar refractivity (Wildman–Crippen MR) is 82.1 cm³/mol. The van der Waals surface area contributed by atoms with Crippen LogP contribution in [0.3, 0.4) is 0 Å². The Bertz CT molecular complexity index is 486. The number of amides is 1. The maximum atomic E-state index is 11.9. The first kappa shape index (κ1) is 15.9. The largest absolute Gasteiger partial charge is 0.444 e. The Balaban J connectivity index is 1.97. The second-order valence-corrected chi connectivity index (χ2v) is 7.12. The summed E-state index contributed by atoms with van der Waals surface area (Å²) in [6.45, 7) is 9.75. The highest BCUT2D eigenvalue weighted by Crippen LogP contribution is 2.37. The molecule has 1 aromatic rings. The number of alkyl carbamates (subject to hydrolysis) is 1. The molecule has 0 aliphatic heterocycles. The fourth-order valence-corrected chi connectivity index (χ4v) is 2.53. The smallest absolute Gasteiger partial charge is 0.408 e. The molecule has 5 nitrogen and oxygen atoms in total. The van der Waals surface area contributed by atoms with Gasteiger partial charge in [0.1, 0.15) is 5.60 Å². The van der Waals surface area contributed by atoms with Gasteiger partial charge in [-0.3, -0.25) is 0 Å². The Kier molecular flexibility index (Phi) is 4.59. The molecule has 1 aromatic heterocycles. The highest BCUT2D eigenvalue weighted by atomic mass is 16.6. The highest BCUT2D eigenvalue weighted by molar-refractivity contribution is 5.68. The third kappa shape index (κ3) is 4.76. The number of hydrogen-bond donors (Lipinski definition) is 1. The van der Waals surface area contributed by atoms with Crippen LogP contribution in [-0.2, 0) is 4.74 Å². The van der Waals surface area contributed by atoms with Crippen LogP contribution in [0.15, 0.2) is 12.5 Å². The van der Waals surface area contributed by atoms with E-state index in [0.29, 0.717) is 6.04 Å². The third-order valence-corrected chi connectivity index (χ3v) is 3.72. The minimum atomic E-state index is -0.483. The standard InChI is InChI=1S/C16H27N3O2/c1-11(8-13-6-7-13)19-10-17-9-14(19)12(2)18-15(20)21-16(3,4)5/h9-13H,6-8H2,1-5H3,(H,18,20)/t11?,12-/m0/s1. The van der Waals surface area contributed by atoms with Crippen LogP contribution >= 0.6 is 0 Å². The van der Waals surface area contributed by atoms with Crippen LogP contribution in [0, 0.1) is 5.92 Å². The van der Waals surface area contributed by atoms with E-state index in [0.717, 1.165) is 11.6 Å². The van der Waals surface area contributed by atoms with Crippen molar-refractivity contribution in [2.45, 2.75) is 71.6 Å². The van der Waals surface area contributed by atoms with Gasteiger partial charge in [-0.2, -0.15) is 0 Å². The van der Waals surface area contributed by atoms with Crippen molar-refractivity contribution < 1.29 is 9.53 Å². The van der Waals surface area contributed by atoms with Crippen LogP contribution in [0.1, 0.15) is 71.7 Å². The van der Waals surface area contributed by atoms with E-state index in [9.17, 15) is 4.79 Å². The number of ether oxygens (including phenoxy) is 1. The Morgan fingerprint density at radius 1 is 1.48 bits per heavy atom. The quantitative estimate of drug-likeness (QED) is 0.897. The average molecular weight is 293 g/mol. The van der Waals surface area contributed by atoms with E-state index in [2.05, 4.69) is 21.8 Å². The van der Waals surface area contributed by atoms with E-state index in [1.165, 1.54) is 19.3 Å². The Morgan fingerprint density at radius 3 is 2.71 bits per heavy atom. The van der Waals surface area contributed by atoms with Crippen LogP contribution in [0.2, 0.25) is 0 Å². The number of nitrogens with zero attached hydrogens (tertiary/aromatic N) is 2. The summed E-state index contributed by atoms with van der Waals surface area (Å²) in [5.74, 6) is 0.865. The summed E-state index contributed by atoms with van der Waals surface area (Å²) in [7, 11) is 0. The van der Waals surface area contributed by atoms with Gasteiger partial charge in [0.2, 0.25) is 0 Å². The zero-order valence-corrected chi connectivity index (χ0v) is 13.7. The molecular weight excluding hydrogens is 266 g/mol. The molecule has 1 aliphatic rings. The topological polar surface area (TPSA) is 56.2 Å². The fourth-order valence-electron chi connectivity index (χ4n) is 2.53. The molecule has 118 valence electrons. The van der Waals surface area contributed by atoms with E-state index < -0.39 is 11.7 Å². The molecule has 2 atom stereocenters. The molecular formula is C16H27N3O2. The molecule has 1 unspecified atom stereocenters. The Morgan fingerprint density at radius 2 is 2.14 bits per heavy atom. The van der Waals surface area contributed by atoms with E-state index in [1.807, 2.05) is 40.2 Å². The second-order valence-electron chi connectivity index (χ2n) is 7.12. The maximum absolute atomic E-state index is 11.9. The summed E-state index contributed by atoms with van der Waals surface area (Å²) < 4.78 is 7.47. The summed E-state index contributed by atoms with van der Waals surface area (Å²) in [6.07, 6.45) is 7.17. The minimum absolute atomic E-state index is 0.121. The van der Waals surface area contributed by atoms with Crippen molar-refractivity contribution in [1.82, 2.24) is 14.9 Å². The summed E-state index contributed by atoms with van der Waals surface area (Å²) in [6, 6.07) is 0.293. The van der Waals surface area contributed by atoms with Crippen molar-refractivity contribution in [3.8, 4) is 0 Å². The number of carbonyl (C=O) groups excluding carboxylic acids is 1. The minimum Gasteiger partial charge on any atom is -0.444 e. The zero-order chi connectivity index (χ0) is 15.6. The summed E-state index contributed by atoms with van der Waals surface area (Å²) in [5, 5.41) is 2.88. The third-order valence-electron chi connectivity index (χ3n) is 3.72. The van der Waals surface area contributed by atoms with Crippen LogP contribution < -0.4 is 5.32 Å². The van der Waals surface area contributed by atoms with E-state index in [4.69, 9.17) is 4.74 Å². The molecule has 0 bridgehead atoms. The first-order valence-corrected chi connectivity index (χ1v) is 7.77. The van der Waals surface area contributed by atoms with Crippen LogP contribution in [0.5, 0.6) is 0 Å². The number of aromatic nitrogens is 2. The molecule has 0 spiro atoms. The lowest BCUT2D eigenvalue weighted by molar-refractivity contribution is 0.0505. The van der Waals surface area contributed by atoms with E-state index >= 15 is 0 Å². The monoisotopic (exact) mass is 293 g/mol. The Labute approximate surface area is 127 Å². The van der Waals surface area contributed by atoms with E-state index in [1.54, 1.807) is 0 Å². The number of carbonyl (C=O) groups is 1.